The molecule has 30 heavy (non-hydrogen) atoms. The quantitative estimate of drug-likeness (QED) is 0.764. The molecular weight excluding hydrogens is 378 g/mol. The fourth-order valence-corrected chi connectivity index (χ4v) is 4.15. The molecule has 1 heterocycles. The van der Waals surface area contributed by atoms with E-state index in [9.17, 15) is 19.8 Å². The number of carbonyl (C=O) groups excluding carboxylic acids is 1. The van der Waals surface area contributed by atoms with Crippen molar-refractivity contribution in [3.05, 3.63) is 58.7 Å². The summed E-state index contributed by atoms with van der Waals surface area (Å²) in [6.07, 6.45) is 0.457. The fraction of sp³-hybridized carbons (Fsp3) is 0.440. The van der Waals surface area contributed by atoms with E-state index in [1.807, 2.05) is 30.3 Å². The Labute approximate surface area is 178 Å². The molecule has 0 fully saturated rings. The van der Waals surface area contributed by atoms with Gasteiger partial charge in [0.05, 0.1) is 5.92 Å². The standard InChI is InChI=1S/C25H31NO4/c1-24(2,3)18-12-15(13-19(22(18)29)25(4,5)6)11-17-16-9-7-8-10-20(16)26(23(17)30)14-21(27)28/h7-10,12-13,17,29H,11,14H2,1-6H3,(H,27,28). The normalized spacial score (nSPS) is 16.7. The van der Waals surface area contributed by atoms with Gasteiger partial charge in [-0.1, -0.05) is 71.9 Å². The molecule has 0 saturated heterocycles. The molecule has 2 aromatic rings. The summed E-state index contributed by atoms with van der Waals surface area (Å²) in [5.41, 5.74) is 3.68. The molecule has 0 radical (unpaired) electrons. The molecule has 160 valence electrons. The molecule has 5 nitrogen and oxygen atoms in total. The van der Waals surface area contributed by atoms with Crippen LogP contribution in [0, 0.1) is 0 Å². The summed E-state index contributed by atoms with van der Waals surface area (Å²) in [7, 11) is 0. The Kier molecular flexibility index (Phi) is 5.44. The van der Waals surface area contributed by atoms with Gasteiger partial charge in [-0.25, -0.2) is 0 Å². The molecule has 0 spiro atoms. The number of hydrogen-bond acceptors (Lipinski definition) is 3. The number of nitrogens with zero attached hydrogens (tertiary/aromatic N) is 1. The summed E-state index contributed by atoms with van der Waals surface area (Å²) in [5.74, 6) is -1.36. The molecule has 0 bridgehead atoms. The number of fused-ring (bicyclic) bond motifs is 1. The number of anilines is 1. The van der Waals surface area contributed by atoms with Crippen LogP contribution in [0.5, 0.6) is 5.75 Å². The Bertz CT molecular complexity index is 960. The van der Waals surface area contributed by atoms with Gasteiger partial charge in [0.15, 0.2) is 0 Å². The monoisotopic (exact) mass is 409 g/mol. The Morgan fingerprint density at radius 1 is 1.00 bits per heavy atom. The zero-order valence-corrected chi connectivity index (χ0v) is 18.6. The molecule has 2 aromatic carbocycles. The second-order valence-corrected chi connectivity index (χ2v) is 10.2. The molecule has 1 aliphatic heterocycles. The number of amides is 1. The lowest BCUT2D eigenvalue weighted by atomic mass is 9.77. The lowest BCUT2D eigenvalue weighted by Crippen LogP contribution is -2.34. The van der Waals surface area contributed by atoms with Crippen LogP contribution in [0.3, 0.4) is 0 Å². The summed E-state index contributed by atoms with van der Waals surface area (Å²) in [6.45, 7) is 12.0. The summed E-state index contributed by atoms with van der Waals surface area (Å²) in [5, 5.41) is 20.2. The number of hydrogen-bond donors (Lipinski definition) is 2. The maximum atomic E-state index is 13.1. The minimum atomic E-state index is -1.03. The van der Waals surface area contributed by atoms with Crippen molar-refractivity contribution in [2.45, 2.75) is 64.7 Å². The van der Waals surface area contributed by atoms with Crippen molar-refractivity contribution in [1.29, 1.82) is 0 Å². The molecule has 0 saturated carbocycles. The third-order valence-corrected chi connectivity index (χ3v) is 5.69. The van der Waals surface area contributed by atoms with Crippen LogP contribution in [0.1, 0.15) is 69.7 Å². The van der Waals surface area contributed by atoms with Gasteiger partial charge in [-0.05, 0) is 45.6 Å². The number of rotatable bonds is 4. The Morgan fingerprint density at radius 2 is 1.53 bits per heavy atom. The van der Waals surface area contributed by atoms with Gasteiger partial charge in [0.1, 0.15) is 12.3 Å². The SMILES string of the molecule is CC(C)(C)c1cc(CC2C(=O)N(CC(=O)O)c3ccccc32)cc(C(C)(C)C)c1O. The highest BCUT2D eigenvalue weighted by molar-refractivity contribution is 6.07. The van der Waals surface area contributed by atoms with Crippen LogP contribution in [-0.4, -0.2) is 28.6 Å². The first-order valence-corrected chi connectivity index (χ1v) is 10.3. The van der Waals surface area contributed by atoms with Crippen LogP contribution in [0.2, 0.25) is 0 Å². The van der Waals surface area contributed by atoms with Gasteiger partial charge in [0.25, 0.3) is 0 Å². The number of para-hydroxylation sites is 1. The lowest BCUT2D eigenvalue weighted by Gasteiger charge is -2.28. The first kappa shape index (κ1) is 21.9. The fourth-order valence-electron chi connectivity index (χ4n) is 4.15. The van der Waals surface area contributed by atoms with Crippen LogP contribution in [0.4, 0.5) is 5.69 Å². The van der Waals surface area contributed by atoms with Crippen molar-refractivity contribution in [3.63, 3.8) is 0 Å². The van der Waals surface area contributed by atoms with E-state index in [4.69, 9.17) is 0 Å². The highest BCUT2D eigenvalue weighted by Gasteiger charge is 2.38. The van der Waals surface area contributed by atoms with E-state index < -0.39 is 11.9 Å². The summed E-state index contributed by atoms with van der Waals surface area (Å²) >= 11 is 0. The van der Waals surface area contributed by atoms with Crippen molar-refractivity contribution in [3.8, 4) is 5.75 Å². The zero-order chi connectivity index (χ0) is 22.4. The molecule has 2 N–H and O–H groups in total. The Morgan fingerprint density at radius 3 is 2.03 bits per heavy atom. The number of carboxylic acids is 1. The molecule has 1 atom stereocenters. The maximum Gasteiger partial charge on any atom is 0.323 e. The van der Waals surface area contributed by atoms with Crippen molar-refractivity contribution in [2.24, 2.45) is 0 Å². The average molecular weight is 410 g/mol. The number of aliphatic carboxylic acids is 1. The van der Waals surface area contributed by atoms with Gasteiger partial charge >= 0.3 is 5.97 Å². The number of phenols is 1. The highest BCUT2D eigenvalue weighted by atomic mass is 16.4. The van der Waals surface area contributed by atoms with E-state index in [0.29, 0.717) is 17.9 Å². The Hall–Kier alpha value is -2.82. The van der Waals surface area contributed by atoms with Crippen LogP contribution in [0.25, 0.3) is 0 Å². The number of benzene rings is 2. The number of carboxylic acid groups (broad SMARTS) is 1. The van der Waals surface area contributed by atoms with E-state index in [-0.39, 0.29) is 23.3 Å². The summed E-state index contributed by atoms with van der Waals surface area (Å²) in [4.78, 5) is 25.8. The van der Waals surface area contributed by atoms with Gasteiger partial charge in [-0.15, -0.1) is 0 Å². The molecule has 1 aliphatic rings. The first-order chi connectivity index (χ1) is 13.8. The average Bonchev–Trinajstić information content (AvgIpc) is 2.86. The van der Waals surface area contributed by atoms with E-state index in [1.54, 1.807) is 6.07 Å². The van der Waals surface area contributed by atoms with E-state index in [0.717, 1.165) is 22.3 Å². The van der Waals surface area contributed by atoms with Crippen LogP contribution < -0.4 is 4.90 Å². The number of aromatic hydroxyl groups is 1. The minimum Gasteiger partial charge on any atom is -0.507 e. The maximum absolute atomic E-state index is 13.1. The lowest BCUT2D eigenvalue weighted by molar-refractivity contribution is -0.136. The molecule has 1 amide bonds. The summed E-state index contributed by atoms with van der Waals surface area (Å²) < 4.78 is 0. The molecule has 0 aliphatic carbocycles. The van der Waals surface area contributed by atoms with Gasteiger partial charge in [0.2, 0.25) is 5.91 Å². The van der Waals surface area contributed by atoms with Crippen molar-refractivity contribution >= 4 is 17.6 Å². The zero-order valence-electron chi connectivity index (χ0n) is 18.6. The second-order valence-electron chi connectivity index (χ2n) is 10.2. The molecule has 5 heteroatoms. The van der Waals surface area contributed by atoms with Gasteiger partial charge in [-0.2, -0.15) is 0 Å². The van der Waals surface area contributed by atoms with Crippen molar-refractivity contribution in [1.82, 2.24) is 0 Å². The van der Waals surface area contributed by atoms with Crippen molar-refractivity contribution < 1.29 is 19.8 Å². The minimum absolute atomic E-state index is 0.193. The topological polar surface area (TPSA) is 77.8 Å². The third-order valence-electron chi connectivity index (χ3n) is 5.69. The van der Waals surface area contributed by atoms with E-state index in [2.05, 4.69) is 41.5 Å². The van der Waals surface area contributed by atoms with Crippen LogP contribution >= 0.6 is 0 Å². The number of carbonyl (C=O) groups is 2. The highest BCUT2D eigenvalue weighted by Crippen LogP contribution is 2.43. The molecule has 0 aromatic heterocycles. The predicted molar refractivity (Wildman–Crippen MR) is 118 cm³/mol. The van der Waals surface area contributed by atoms with Gasteiger partial charge in [0, 0.05) is 5.69 Å². The predicted octanol–water partition coefficient (Wildman–Crippen LogP) is 4.74. The van der Waals surface area contributed by atoms with Crippen LogP contribution in [-0.2, 0) is 26.8 Å². The first-order valence-electron chi connectivity index (χ1n) is 10.3. The number of phenolic OH excluding ortho intramolecular Hbond substituents is 1. The van der Waals surface area contributed by atoms with E-state index in [1.165, 1.54) is 4.90 Å². The second kappa shape index (κ2) is 7.46. The molecule has 3 rings (SSSR count). The molecular formula is C25H31NO4. The van der Waals surface area contributed by atoms with E-state index >= 15 is 0 Å². The summed E-state index contributed by atoms with van der Waals surface area (Å²) in [6, 6.07) is 11.4. The Balaban J connectivity index is 2.08. The van der Waals surface area contributed by atoms with Gasteiger partial charge < -0.3 is 15.1 Å². The van der Waals surface area contributed by atoms with Gasteiger partial charge in [-0.3, -0.25) is 9.59 Å². The van der Waals surface area contributed by atoms with Crippen molar-refractivity contribution in [2.75, 3.05) is 11.4 Å². The smallest absolute Gasteiger partial charge is 0.323 e. The largest absolute Gasteiger partial charge is 0.507 e. The van der Waals surface area contributed by atoms with Crippen LogP contribution in [0.15, 0.2) is 36.4 Å². The molecule has 1 unspecified atom stereocenters. The third kappa shape index (κ3) is 4.07.